The molecule has 0 radical (unpaired) electrons. The SMILES string of the molecule is C=C(CN1CCC2(CC1)OCCO2)C(=O)OCC. The molecule has 0 aromatic heterocycles. The van der Waals surface area contributed by atoms with Crippen LogP contribution in [0, 0.1) is 0 Å². The first-order valence-corrected chi connectivity index (χ1v) is 6.50. The molecule has 2 aliphatic rings. The number of hydrogen-bond acceptors (Lipinski definition) is 5. The molecule has 2 aliphatic heterocycles. The van der Waals surface area contributed by atoms with E-state index in [2.05, 4.69) is 11.5 Å². The van der Waals surface area contributed by atoms with Crippen LogP contribution >= 0.6 is 0 Å². The summed E-state index contributed by atoms with van der Waals surface area (Å²) in [7, 11) is 0. The van der Waals surface area contributed by atoms with Crippen molar-refractivity contribution in [3.63, 3.8) is 0 Å². The molecule has 1 spiro atoms. The number of carbonyl (C=O) groups is 1. The van der Waals surface area contributed by atoms with Crippen LogP contribution < -0.4 is 0 Å². The van der Waals surface area contributed by atoms with Crippen molar-refractivity contribution in [2.24, 2.45) is 0 Å². The van der Waals surface area contributed by atoms with Gasteiger partial charge in [-0.15, -0.1) is 0 Å². The highest BCUT2D eigenvalue weighted by atomic mass is 16.7. The van der Waals surface area contributed by atoms with Gasteiger partial charge in [0, 0.05) is 38.0 Å². The minimum atomic E-state index is -0.359. The third-order valence-electron chi connectivity index (χ3n) is 3.41. The molecule has 0 amide bonds. The van der Waals surface area contributed by atoms with Gasteiger partial charge in [0.15, 0.2) is 5.79 Å². The third-order valence-corrected chi connectivity index (χ3v) is 3.41. The first kappa shape index (κ1) is 13.5. The van der Waals surface area contributed by atoms with Crippen LogP contribution in [-0.4, -0.2) is 56.1 Å². The van der Waals surface area contributed by atoms with Crippen LogP contribution in [0.2, 0.25) is 0 Å². The van der Waals surface area contributed by atoms with E-state index >= 15 is 0 Å². The lowest BCUT2D eigenvalue weighted by molar-refractivity contribution is -0.184. The topological polar surface area (TPSA) is 48.0 Å². The number of esters is 1. The molecular weight excluding hydrogens is 234 g/mol. The van der Waals surface area contributed by atoms with Gasteiger partial charge < -0.3 is 14.2 Å². The van der Waals surface area contributed by atoms with Crippen molar-refractivity contribution in [2.75, 3.05) is 39.5 Å². The number of carbonyl (C=O) groups excluding carboxylic acids is 1. The first-order valence-electron chi connectivity index (χ1n) is 6.50. The van der Waals surface area contributed by atoms with Gasteiger partial charge in [-0.2, -0.15) is 0 Å². The van der Waals surface area contributed by atoms with Crippen LogP contribution in [0.5, 0.6) is 0 Å². The van der Waals surface area contributed by atoms with Crippen molar-refractivity contribution >= 4 is 5.97 Å². The maximum Gasteiger partial charge on any atom is 0.334 e. The number of hydrogen-bond donors (Lipinski definition) is 0. The summed E-state index contributed by atoms with van der Waals surface area (Å²) in [6.07, 6.45) is 1.70. The molecule has 0 aromatic carbocycles. The monoisotopic (exact) mass is 255 g/mol. The molecule has 2 heterocycles. The maximum atomic E-state index is 11.5. The average Bonchev–Trinajstić information content (AvgIpc) is 2.81. The highest BCUT2D eigenvalue weighted by molar-refractivity contribution is 5.88. The molecule has 0 bridgehead atoms. The molecule has 0 aromatic rings. The van der Waals surface area contributed by atoms with E-state index in [-0.39, 0.29) is 11.8 Å². The Bertz CT molecular complexity index is 313. The first-order chi connectivity index (χ1) is 8.65. The van der Waals surface area contributed by atoms with Crippen molar-refractivity contribution < 1.29 is 19.0 Å². The normalized spacial score (nSPS) is 23.2. The minimum absolute atomic E-state index is 0.300. The summed E-state index contributed by atoms with van der Waals surface area (Å²) in [6.45, 7) is 9.63. The van der Waals surface area contributed by atoms with E-state index in [1.54, 1.807) is 6.92 Å². The fraction of sp³-hybridized carbons (Fsp3) is 0.769. The molecule has 2 rings (SSSR count). The molecule has 0 saturated carbocycles. The van der Waals surface area contributed by atoms with Crippen molar-refractivity contribution in [1.29, 1.82) is 0 Å². The number of rotatable bonds is 4. The number of nitrogens with zero attached hydrogens (tertiary/aromatic N) is 1. The van der Waals surface area contributed by atoms with Crippen molar-refractivity contribution in [2.45, 2.75) is 25.6 Å². The third kappa shape index (κ3) is 3.10. The number of likely N-dealkylation sites (tertiary alicyclic amines) is 1. The van der Waals surface area contributed by atoms with Gasteiger partial charge in [-0.05, 0) is 6.92 Å². The summed E-state index contributed by atoms with van der Waals surface area (Å²) in [5, 5.41) is 0. The molecule has 2 saturated heterocycles. The summed E-state index contributed by atoms with van der Waals surface area (Å²) >= 11 is 0. The van der Waals surface area contributed by atoms with E-state index in [9.17, 15) is 4.79 Å². The van der Waals surface area contributed by atoms with E-state index in [4.69, 9.17) is 14.2 Å². The largest absolute Gasteiger partial charge is 0.463 e. The second-order valence-corrected chi connectivity index (χ2v) is 4.71. The maximum absolute atomic E-state index is 11.5. The molecule has 18 heavy (non-hydrogen) atoms. The Labute approximate surface area is 108 Å². The van der Waals surface area contributed by atoms with Gasteiger partial charge in [-0.3, -0.25) is 4.90 Å². The Kier molecular flexibility index (Phi) is 4.37. The highest BCUT2D eigenvalue weighted by Gasteiger charge is 2.39. The Hall–Kier alpha value is -0.910. The molecular formula is C13H21NO4. The Morgan fingerprint density at radius 2 is 1.94 bits per heavy atom. The van der Waals surface area contributed by atoms with E-state index < -0.39 is 0 Å². The lowest BCUT2D eigenvalue weighted by Gasteiger charge is -2.37. The lowest BCUT2D eigenvalue weighted by Crippen LogP contribution is -2.45. The smallest absolute Gasteiger partial charge is 0.334 e. The zero-order chi connectivity index (χ0) is 13.0. The van der Waals surface area contributed by atoms with Crippen LogP contribution in [0.3, 0.4) is 0 Å². The summed E-state index contributed by atoms with van der Waals surface area (Å²) < 4.78 is 16.2. The van der Waals surface area contributed by atoms with Gasteiger partial charge >= 0.3 is 5.97 Å². The standard InChI is InChI=1S/C13H21NO4/c1-3-16-12(15)11(2)10-14-6-4-13(5-7-14)17-8-9-18-13/h2-10H2,1H3. The second-order valence-electron chi connectivity index (χ2n) is 4.71. The zero-order valence-corrected chi connectivity index (χ0v) is 10.9. The molecule has 2 fully saturated rings. The molecule has 5 nitrogen and oxygen atoms in total. The second kappa shape index (κ2) is 5.82. The minimum Gasteiger partial charge on any atom is -0.463 e. The van der Waals surface area contributed by atoms with Crippen molar-refractivity contribution in [1.82, 2.24) is 4.90 Å². The molecule has 0 aliphatic carbocycles. The van der Waals surface area contributed by atoms with Crippen LogP contribution in [0.4, 0.5) is 0 Å². The van der Waals surface area contributed by atoms with E-state index in [1.807, 2.05) is 0 Å². The fourth-order valence-corrected chi connectivity index (χ4v) is 2.41. The summed E-state index contributed by atoms with van der Waals surface area (Å²) in [5.74, 6) is -0.659. The van der Waals surface area contributed by atoms with Gasteiger partial charge in [0.1, 0.15) is 0 Å². The van der Waals surface area contributed by atoms with E-state index in [0.29, 0.717) is 31.9 Å². The molecule has 102 valence electrons. The predicted molar refractivity (Wildman–Crippen MR) is 66.1 cm³/mol. The fourth-order valence-electron chi connectivity index (χ4n) is 2.41. The van der Waals surface area contributed by atoms with Crippen molar-refractivity contribution in [3.8, 4) is 0 Å². The summed E-state index contributed by atoms with van der Waals surface area (Å²) in [6, 6.07) is 0. The van der Waals surface area contributed by atoms with Gasteiger partial charge in [-0.1, -0.05) is 6.58 Å². The molecule has 0 unspecified atom stereocenters. The van der Waals surface area contributed by atoms with Crippen molar-refractivity contribution in [3.05, 3.63) is 12.2 Å². The summed E-state index contributed by atoms with van der Waals surface area (Å²) in [5.41, 5.74) is 0.515. The lowest BCUT2D eigenvalue weighted by atomic mass is 10.0. The van der Waals surface area contributed by atoms with Crippen LogP contribution in [-0.2, 0) is 19.0 Å². The van der Waals surface area contributed by atoms with E-state index in [0.717, 1.165) is 25.9 Å². The van der Waals surface area contributed by atoms with Gasteiger partial charge in [0.2, 0.25) is 0 Å². The van der Waals surface area contributed by atoms with Gasteiger partial charge in [-0.25, -0.2) is 4.79 Å². The van der Waals surface area contributed by atoms with E-state index in [1.165, 1.54) is 0 Å². The molecule has 0 atom stereocenters. The zero-order valence-electron chi connectivity index (χ0n) is 10.9. The average molecular weight is 255 g/mol. The number of ether oxygens (including phenoxy) is 3. The van der Waals surface area contributed by atoms with Gasteiger partial charge in [0.05, 0.1) is 19.8 Å². The molecule has 0 N–H and O–H groups in total. The Morgan fingerprint density at radius 3 is 2.50 bits per heavy atom. The molecule has 5 heteroatoms. The quantitative estimate of drug-likeness (QED) is 0.553. The summed E-state index contributed by atoms with van der Waals surface area (Å²) in [4.78, 5) is 13.7. The highest BCUT2D eigenvalue weighted by Crippen LogP contribution is 2.31. The Morgan fingerprint density at radius 1 is 1.33 bits per heavy atom. The van der Waals surface area contributed by atoms with Gasteiger partial charge in [0.25, 0.3) is 0 Å². The predicted octanol–water partition coefficient (Wildman–Crippen LogP) is 0.945. The van der Waals surface area contributed by atoms with Crippen LogP contribution in [0.1, 0.15) is 19.8 Å². The number of piperidine rings is 1. The van der Waals surface area contributed by atoms with Crippen LogP contribution in [0.15, 0.2) is 12.2 Å². The van der Waals surface area contributed by atoms with Crippen LogP contribution in [0.25, 0.3) is 0 Å². The Balaban J connectivity index is 1.76.